The van der Waals surface area contributed by atoms with Crippen molar-refractivity contribution in [3.8, 4) is 17.6 Å². The smallest absolute Gasteiger partial charge is 0.266 e. The van der Waals surface area contributed by atoms with Gasteiger partial charge in [0, 0.05) is 5.69 Å². The van der Waals surface area contributed by atoms with Crippen LogP contribution in [0.25, 0.3) is 6.08 Å². The fourth-order valence-corrected chi connectivity index (χ4v) is 3.29. The minimum Gasteiger partial charge on any atom is -0.494 e. The maximum Gasteiger partial charge on any atom is 0.266 e. The molecule has 0 aliphatic rings. The molecule has 0 atom stereocenters. The van der Waals surface area contributed by atoms with Crippen molar-refractivity contribution in [3.63, 3.8) is 0 Å². The third kappa shape index (κ3) is 6.48. The predicted octanol–water partition coefficient (Wildman–Crippen LogP) is 5.83. The molecule has 1 N–H and O–H groups in total. The molecule has 3 aromatic rings. The van der Waals surface area contributed by atoms with Gasteiger partial charge in [-0.05, 0) is 74.4 Å². The van der Waals surface area contributed by atoms with Gasteiger partial charge in [-0.2, -0.15) is 5.26 Å². The fourth-order valence-electron chi connectivity index (χ4n) is 3.29. The Morgan fingerprint density at radius 1 is 0.938 bits per heavy atom. The summed E-state index contributed by atoms with van der Waals surface area (Å²) in [7, 11) is 0. The molecule has 0 heterocycles. The third-order valence-electron chi connectivity index (χ3n) is 4.67. The molecule has 0 saturated carbocycles. The van der Waals surface area contributed by atoms with E-state index in [1.165, 1.54) is 11.1 Å². The van der Waals surface area contributed by atoms with Crippen LogP contribution in [0.2, 0.25) is 0 Å². The van der Waals surface area contributed by atoms with Crippen molar-refractivity contribution in [3.05, 3.63) is 94.6 Å². The molecule has 32 heavy (non-hydrogen) atoms. The van der Waals surface area contributed by atoms with Gasteiger partial charge < -0.3 is 14.8 Å². The molecule has 5 nitrogen and oxygen atoms in total. The van der Waals surface area contributed by atoms with Gasteiger partial charge >= 0.3 is 0 Å². The maximum atomic E-state index is 12.5. The molecule has 3 rings (SSSR count). The lowest BCUT2D eigenvalue weighted by Crippen LogP contribution is -2.13. The van der Waals surface area contributed by atoms with E-state index in [2.05, 4.69) is 37.4 Å². The standard InChI is InChI=1S/C27H26N2O3/c1-4-31-25-11-7-24(8-12-25)29-27(30)23(17-28)16-21-5-9-26(10-6-21)32-18-22-14-19(2)13-20(3)15-22/h5-16H,4,18H2,1-3H3,(H,29,30)/b23-16+. The van der Waals surface area contributed by atoms with Crippen LogP contribution in [-0.4, -0.2) is 12.5 Å². The monoisotopic (exact) mass is 426 g/mol. The molecule has 3 aromatic carbocycles. The normalized spacial score (nSPS) is 10.9. The highest BCUT2D eigenvalue weighted by Crippen LogP contribution is 2.19. The van der Waals surface area contributed by atoms with Crippen LogP contribution in [0, 0.1) is 25.2 Å². The zero-order valence-electron chi connectivity index (χ0n) is 18.5. The first-order chi connectivity index (χ1) is 15.5. The van der Waals surface area contributed by atoms with Crippen LogP contribution >= 0.6 is 0 Å². The van der Waals surface area contributed by atoms with Crippen molar-refractivity contribution in [2.75, 3.05) is 11.9 Å². The molecule has 0 saturated heterocycles. The van der Waals surface area contributed by atoms with Gasteiger partial charge in [0.2, 0.25) is 0 Å². The average molecular weight is 427 g/mol. The Labute approximate surface area is 188 Å². The first kappa shape index (κ1) is 22.6. The Morgan fingerprint density at radius 3 is 2.12 bits per heavy atom. The Bertz CT molecular complexity index is 1120. The molecule has 162 valence electrons. The highest BCUT2D eigenvalue weighted by Gasteiger charge is 2.10. The van der Waals surface area contributed by atoms with Crippen LogP contribution in [0.15, 0.2) is 72.3 Å². The lowest BCUT2D eigenvalue weighted by atomic mass is 10.1. The van der Waals surface area contributed by atoms with Gasteiger partial charge in [-0.3, -0.25) is 4.79 Å². The SMILES string of the molecule is CCOc1ccc(NC(=O)/C(C#N)=C/c2ccc(OCc3cc(C)cc(C)c3)cc2)cc1. The highest BCUT2D eigenvalue weighted by molar-refractivity contribution is 6.09. The summed E-state index contributed by atoms with van der Waals surface area (Å²) in [6, 6.07) is 22.6. The summed E-state index contributed by atoms with van der Waals surface area (Å²) in [5, 5.41) is 12.2. The summed E-state index contributed by atoms with van der Waals surface area (Å²) in [6.07, 6.45) is 1.55. The number of aryl methyl sites for hydroxylation is 2. The first-order valence-corrected chi connectivity index (χ1v) is 10.4. The maximum absolute atomic E-state index is 12.5. The van der Waals surface area contributed by atoms with E-state index < -0.39 is 5.91 Å². The van der Waals surface area contributed by atoms with Gasteiger partial charge in [0.15, 0.2) is 0 Å². The molecule has 0 spiro atoms. The Hall–Kier alpha value is -4.04. The van der Waals surface area contributed by atoms with E-state index >= 15 is 0 Å². The second-order valence-corrected chi connectivity index (χ2v) is 7.44. The van der Waals surface area contributed by atoms with Crippen LogP contribution in [-0.2, 0) is 11.4 Å². The molecule has 0 aliphatic carbocycles. The number of amides is 1. The van der Waals surface area contributed by atoms with Crippen LogP contribution in [0.5, 0.6) is 11.5 Å². The zero-order valence-corrected chi connectivity index (χ0v) is 18.5. The number of hydrogen-bond donors (Lipinski definition) is 1. The van der Waals surface area contributed by atoms with Crippen LogP contribution < -0.4 is 14.8 Å². The van der Waals surface area contributed by atoms with Gasteiger partial charge in [-0.25, -0.2) is 0 Å². The van der Waals surface area contributed by atoms with Crippen LogP contribution in [0.1, 0.15) is 29.2 Å². The van der Waals surface area contributed by atoms with Crippen molar-refractivity contribution in [2.45, 2.75) is 27.4 Å². The minimum atomic E-state index is -0.466. The molecule has 0 fully saturated rings. The number of anilines is 1. The second kappa shape index (κ2) is 10.8. The predicted molar refractivity (Wildman–Crippen MR) is 127 cm³/mol. The Morgan fingerprint density at radius 2 is 1.53 bits per heavy atom. The molecule has 0 bridgehead atoms. The van der Waals surface area contributed by atoms with E-state index in [0.717, 1.165) is 22.6 Å². The number of carbonyl (C=O) groups is 1. The summed E-state index contributed by atoms with van der Waals surface area (Å²) in [5.41, 5.74) is 4.87. The molecule has 0 radical (unpaired) electrons. The molecule has 5 heteroatoms. The molecule has 0 unspecified atom stereocenters. The molecular formula is C27H26N2O3. The van der Waals surface area contributed by atoms with Crippen molar-refractivity contribution < 1.29 is 14.3 Å². The van der Waals surface area contributed by atoms with Gasteiger partial charge in [-0.1, -0.05) is 41.5 Å². The van der Waals surface area contributed by atoms with Gasteiger partial charge in [0.25, 0.3) is 5.91 Å². The van der Waals surface area contributed by atoms with E-state index in [-0.39, 0.29) is 5.57 Å². The summed E-state index contributed by atoms with van der Waals surface area (Å²) in [6.45, 7) is 7.09. The van der Waals surface area contributed by atoms with Crippen molar-refractivity contribution in [1.29, 1.82) is 5.26 Å². The number of ether oxygens (including phenoxy) is 2. The van der Waals surface area contributed by atoms with Crippen molar-refractivity contribution >= 4 is 17.7 Å². The largest absolute Gasteiger partial charge is 0.494 e. The first-order valence-electron chi connectivity index (χ1n) is 10.4. The minimum absolute atomic E-state index is 0.0165. The Balaban J connectivity index is 1.62. The van der Waals surface area contributed by atoms with Gasteiger partial charge in [0.05, 0.1) is 6.61 Å². The zero-order chi connectivity index (χ0) is 22.9. The number of nitrogens with one attached hydrogen (secondary N) is 1. The number of nitriles is 1. The third-order valence-corrected chi connectivity index (χ3v) is 4.67. The molecule has 0 aliphatic heterocycles. The number of hydrogen-bond acceptors (Lipinski definition) is 4. The van der Waals surface area contributed by atoms with Crippen molar-refractivity contribution in [1.82, 2.24) is 0 Å². The van der Waals surface area contributed by atoms with Gasteiger partial charge in [-0.15, -0.1) is 0 Å². The molecular weight excluding hydrogens is 400 g/mol. The van der Waals surface area contributed by atoms with Gasteiger partial charge in [0.1, 0.15) is 29.7 Å². The topological polar surface area (TPSA) is 71.3 Å². The van der Waals surface area contributed by atoms with Crippen molar-refractivity contribution in [2.24, 2.45) is 0 Å². The van der Waals surface area contributed by atoms with Crippen LogP contribution in [0.3, 0.4) is 0 Å². The quantitative estimate of drug-likeness (QED) is 0.363. The van der Waals surface area contributed by atoms with E-state index in [0.29, 0.717) is 18.9 Å². The average Bonchev–Trinajstić information content (AvgIpc) is 2.77. The lowest BCUT2D eigenvalue weighted by Gasteiger charge is -2.09. The van der Waals surface area contributed by atoms with Crippen LogP contribution in [0.4, 0.5) is 5.69 Å². The number of benzene rings is 3. The summed E-state index contributed by atoms with van der Waals surface area (Å²) in [5.74, 6) is 0.979. The Kier molecular flexibility index (Phi) is 7.66. The van der Waals surface area contributed by atoms with E-state index in [4.69, 9.17) is 9.47 Å². The number of carbonyl (C=O) groups excluding carboxylic acids is 1. The summed E-state index contributed by atoms with van der Waals surface area (Å²) < 4.78 is 11.3. The highest BCUT2D eigenvalue weighted by atomic mass is 16.5. The molecule has 0 aromatic heterocycles. The van der Waals surface area contributed by atoms with E-state index in [1.807, 2.05) is 37.3 Å². The fraction of sp³-hybridized carbons (Fsp3) is 0.185. The lowest BCUT2D eigenvalue weighted by molar-refractivity contribution is -0.112. The van der Waals surface area contributed by atoms with E-state index in [1.54, 1.807) is 30.3 Å². The second-order valence-electron chi connectivity index (χ2n) is 7.44. The summed E-state index contributed by atoms with van der Waals surface area (Å²) in [4.78, 5) is 12.5. The number of rotatable bonds is 8. The number of nitrogens with zero attached hydrogens (tertiary/aromatic N) is 1. The van der Waals surface area contributed by atoms with E-state index in [9.17, 15) is 10.1 Å². The summed E-state index contributed by atoms with van der Waals surface area (Å²) >= 11 is 0. The molecule has 1 amide bonds.